The summed E-state index contributed by atoms with van der Waals surface area (Å²) in [7, 11) is 1.74. The van der Waals surface area contributed by atoms with Gasteiger partial charge in [-0.25, -0.2) is 3.11 Å². The lowest BCUT2D eigenvalue weighted by atomic mass is 10.3. The molecule has 0 saturated carbocycles. The Morgan fingerprint density at radius 1 is 1.00 bits per heavy atom. The highest BCUT2D eigenvalue weighted by Crippen LogP contribution is 2.05. The molecule has 1 aliphatic heterocycles. The number of ether oxygens (including phenoxy) is 2. The van der Waals surface area contributed by atoms with Gasteiger partial charge in [-0.05, 0) is 12.8 Å². The van der Waals surface area contributed by atoms with Crippen molar-refractivity contribution in [3.8, 4) is 0 Å². The number of rotatable bonds is 8. The number of hydrogen-bond acceptors (Lipinski definition) is 4. The van der Waals surface area contributed by atoms with Gasteiger partial charge in [-0.1, -0.05) is 0 Å². The smallest absolute Gasteiger partial charge is 0.0593 e. The Bertz CT molecular complexity index is 164. The van der Waals surface area contributed by atoms with E-state index in [0.29, 0.717) is 0 Å². The molecule has 0 atom stereocenters. The number of piperazine rings is 1. The van der Waals surface area contributed by atoms with E-state index in [1.807, 2.05) is 0 Å². The van der Waals surface area contributed by atoms with Crippen LogP contribution in [0.4, 0.5) is 0 Å². The standard InChI is InChI=1S/C11H23IN2O2/c1-15-9-2-3-10-16-11-8-13-4-6-14(12)7-5-13/h2-11H2,1H3. The Morgan fingerprint density at radius 3 is 2.38 bits per heavy atom. The molecule has 96 valence electrons. The van der Waals surface area contributed by atoms with Gasteiger partial charge in [0.05, 0.1) is 6.61 Å². The maximum absolute atomic E-state index is 5.60. The quantitative estimate of drug-likeness (QED) is 0.378. The molecular formula is C11H23IN2O2. The van der Waals surface area contributed by atoms with E-state index in [2.05, 4.69) is 30.9 Å². The molecule has 4 nitrogen and oxygen atoms in total. The van der Waals surface area contributed by atoms with Crippen molar-refractivity contribution in [1.29, 1.82) is 0 Å². The molecule has 0 aromatic carbocycles. The third-order valence-electron chi connectivity index (χ3n) is 2.76. The van der Waals surface area contributed by atoms with Gasteiger partial charge in [-0.2, -0.15) is 0 Å². The zero-order valence-corrected chi connectivity index (χ0v) is 12.3. The van der Waals surface area contributed by atoms with E-state index in [4.69, 9.17) is 9.47 Å². The predicted octanol–water partition coefficient (Wildman–Crippen LogP) is 1.40. The molecule has 1 aliphatic rings. The second kappa shape index (κ2) is 9.58. The van der Waals surface area contributed by atoms with Crippen LogP contribution >= 0.6 is 22.9 Å². The minimum absolute atomic E-state index is 0.848. The molecule has 0 spiro atoms. The van der Waals surface area contributed by atoms with Gasteiger partial charge in [0, 0.05) is 75.9 Å². The fraction of sp³-hybridized carbons (Fsp3) is 1.00. The van der Waals surface area contributed by atoms with Gasteiger partial charge >= 0.3 is 0 Å². The van der Waals surface area contributed by atoms with Crippen molar-refractivity contribution in [2.75, 3.05) is 59.7 Å². The summed E-state index contributed by atoms with van der Waals surface area (Å²) in [6, 6.07) is 0. The number of hydrogen-bond donors (Lipinski definition) is 0. The van der Waals surface area contributed by atoms with Crippen molar-refractivity contribution < 1.29 is 9.47 Å². The van der Waals surface area contributed by atoms with Gasteiger partial charge < -0.3 is 9.47 Å². The number of methoxy groups -OCH3 is 1. The molecule has 0 amide bonds. The lowest BCUT2D eigenvalue weighted by Gasteiger charge is -2.30. The van der Waals surface area contributed by atoms with Crippen LogP contribution < -0.4 is 0 Å². The van der Waals surface area contributed by atoms with Crippen molar-refractivity contribution >= 4 is 22.9 Å². The Labute approximate surface area is 113 Å². The van der Waals surface area contributed by atoms with Crippen LogP contribution in [-0.4, -0.2) is 67.7 Å². The Balaban J connectivity index is 1.84. The van der Waals surface area contributed by atoms with Crippen molar-refractivity contribution in [2.45, 2.75) is 12.8 Å². The molecule has 0 bridgehead atoms. The molecule has 1 rings (SSSR count). The normalized spacial score (nSPS) is 19.1. The van der Waals surface area contributed by atoms with Crippen LogP contribution in [0.2, 0.25) is 0 Å². The van der Waals surface area contributed by atoms with E-state index in [1.54, 1.807) is 7.11 Å². The van der Waals surface area contributed by atoms with Crippen LogP contribution in [0.1, 0.15) is 12.8 Å². The molecule has 1 fully saturated rings. The first kappa shape index (κ1) is 14.6. The van der Waals surface area contributed by atoms with Gasteiger partial charge in [0.2, 0.25) is 0 Å². The fourth-order valence-corrected chi connectivity index (χ4v) is 2.12. The van der Waals surface area contributed by atoms with Gasteiger partial charge in [-0.3, -0.25) is 4.90 Å². The summed E-state index contributed by atoms with van der Waals surface area (Å²) < 4.78 is 12.9. The highest BCUT2D eigenvalue weighted by atomic mass is 127. The third-order valence-corrected chi connectivity index (χ3v) is 3.72. The van der Waals surface area contributed by atoms with E-state index >= 15 is 0 Å². The average molecular weight is 342 g/mol. The molecular weight excluding hydrogens is 319 g/mol. The second-order valence-electron chi connectivity index (χ2n) is 4.06. The molecule has 1 heterocycles. The van der Waals surface area contributed by atoms with Crippen molar-refractivity contribution in [2.24, 2.45) is 0 Å². The van der Waals surface area contributed by atoms with Crippen molar-refractivity contribution in [3.05, 3.63) is 0 Å². The molecule has 5 heteroatoms. The van der Waals surface area contributed by atoms with E-state index in [-0.39, 0.29) is 0 Å². The lowest BCUT2D eigenvalue weighted by Crippen LogP contribution is -2.43. The van der Waals surface area contributed by atoms with E-state index in [9.17, 15) is 0 Å². The molecule has 0 aliphatic carbocycles. The van der Waals surface area contributed by atoms with Crippen LogP contribution in [0.25, 0.3) is 0 Å². The zero-order chi connectivity index (χ0) is 11.6. The minimum Gasteiger partial charge on any atom is -0.385 e. The summed E-state index contributed by atoms with van der Waals surface area (Å²) in [5.41, 5.74) is 0. The van der Waals surface area contributed by atoms with Gasteiger partial charge in [0.15, 0.2) is 0 Å². The first-order valence-electron chi connectivity index (χ1n) is 6.02. The van der Waals surface area contributed by atoms with E-state index < -0.39 is 0 Å². The monoisotopic (exact) mass is 342 g/mol. The van der Waals surface area contributed by atoms with Gasteiger partial charge in [-0.15, -0.1) is 0 Å². The maximum Gasteiger partial charge on any atom is 0.0593 e. The Morgan fingerprint density at radius 2 is 1.69 bits per heavy atom. The molecule has 0 N–H and O–H groups in total. The van der Waals surface area contributed by atoms with E-state index in [1.165, 1.54) is 26.2 Å². The van der Waals surface area contributed by atoms with Crippen LogP contribution in [-0.2, 0) is 9.47 Å². The van der Waals surface area contributed by atoms with Crippen LogP contribution in [0, 0.1) is 0 Å². The largest absolute Gasteiger partial charge is 0.385 e. The first-order valence-corrected chi connectivity index (χ1v) is 6.99. The zero-order valence-electron chi connectivity index (χ0n) is 10.2. The third kappa shape index (κ3) is 7.01. The molecule has 16 heavy (non-hydrogen) atoms. The summed E-state index contributed by atoms with van der Waals surface area (Å²) in [5, 5.41) is 0. The molecule has 0 aromatic heterocycles. The topological polar surface area (TPSA) is 24.9 Å². The number of unbranched alkanes of at least 4 members (excludes halogenated alkanes) is 1. The number of nitrogens with zero attached hydrogens (tertiary/aromatic N) is 2. The molecule has 0 unspecified atom stereocenters. The highest BCUT2D eigenvalue weighted by molar-refractivity contribution is 14.1. The maximum atomic E-state index is 5.60. The average Bonchev–Trinajstić information content (AvgIpc) is 2.30. The summed E-state index contributed by atoms with van der Waals surface area (Å²) in [6.45, 7) is 8.37. The predicted molar refractivity (Wildman–Crippen MR) is 74.0 cm³/mol. The fourth-order valence-electron chi connectivity index (χ4n) is 1.69. The summed E-state index contributed by atoms with van der Waals surface area (Å²) in [4.78, 5) is 2.48. The minimum atomic E-state index is 0.848. The van der Waals surface area contributed by atoms with Crippen molar-refractivity contribution in [3.63, 3.8) is 0 Å². The van der Waals surface area contributed by atoms with E-state index in [0.717, 1.165) is 39.2 Å². The Hall–Kier alpha value is 0.570. The first-order chi connectivity index (χ1) is 7.83. The summed E-state index contributed by atoms with van der Waals surface area (Å²) in [6.07, 6.45) is 2.21. The second-order valence-corrected chi connectivity index (χ2v) is 5.43. The van der Waals surface area contributed by atoms with Gasteiger partial charge in [0.25, 0.3) is 0 Å². The molecule has 0 aromatic rings. The lowest BCUT2D eigenvalue weighted by molar-refractivity contribution is 0.0864. The molecule has 1 saturated heterocycles. The van der Waals surface area contributed by atoms with Crippen molar-refractivity contribution in [1.82, 2.24) is 8.01 Å². The van der Waals surface area contributed by atoms with Gasteiger partial charge in [0.1, 0.15) is 0 Å². The highest BCUT2D eigenvalue weighted by Gasteiger charge is 2.13. The Kier molecular flexibility index (Phi) is 8.76. The van der Waals surface area contributed by atoms with Crippen LogP contribution in [0.15, 0.2) is 0 Å². The molecule has 0 radical (unpaired) electrons. The SMILES string of the molecule is COCCCCOCCN1CCN(I)CC1. The summed E-state index contributed by atoms with van der Waals surface area (Å²) >= 11 is 2.39. The van der Waals surface area contributed by atoms with Crippen LogP contribution in [0.5, 0.6) is 0 Å². The van der Waals surface area contributed by atoms with Crippen LogP contribution in [0.3, 0.4) is 0 Å². The summed E-state index contributed by atoms with van der Waals surface area (Å²) in [5.74, 6) is 0. The number of halogens is 1.